The van der Waals surface area contributed by atoms with Gasteiger partial charge in [0.25, 0.3) is 0 Å². The third-order valence-corrected chi connectivity index (χ3v) is 6.43. The Morgan fingerprint density at radius 3 is 2.82 bits per heavy atom. The molecule has 3 heterocycles. The number of fused-ring (bicyclic) bond motifs is 2. The van der Waals surface area contributed by atoms with E-state index >= 15 is 0 Å². The zero-order chi connectivity index (χ0) is 27.6. The maximum atomic E-state index is 12.8. The number of amides is 3. The van der Waals surface area contributed by atoms with Crippen molar-refractivity contribution in [2.24, 2.45) is 0 Å². The van der Waals surface area contributed by atoms with Gasteiger partial charge < -0.3 is 24.7 Å². The van der Waals surface area contributed by atoms with Gasteiger partial charge in [-0.3, -0.25) is 9.59 Å². The first-order chi connectivity index (χ1) is 17.9. The molecule has 4 rings (SSSR count). The molecular weight excluding hydrogens is 508 g/mol. The molecule has 200 valence electrons. The summed E-state index contributed by atoms with van der Waals surface area (Å²) >= 11 is 6.24. The number of nitrogens with zero attached hydrogens (tertiary/aromatic N) is 2. The summed E-state index contributed by atoms with van der Waals surface area (Å²) in [5.74, 6) is 0.544. The predicted molar refractivity (Wildman–Crippen MR) is 146 cm³/mol. The number of benzene rings is 1. The van der Waals surface area contributed by atoms with Crippen LogP contribution in [0.3, 0.4) is 0 Å². The highest BCUT2D eigenvalue weighted by Crippen LogP contribution is 2.31. The SMILES string of the molecule is Cc1c(CN(C)C(=O)/C=C/c2cnc3c(c2)CCC(NC(=O)OC(C)(C)C)C(=O)N3)oc2c(Cl)cccc12. The molecule has 0 spiro atoms. The number of nitrogens with one attached hydrogen (secondary N) is 2. The second-order valence-electron chi connectivity index (χ2n) is 10.3. The lowest BCUT2D eigenvalue weighted by Crippen LogP contribution is -2.45. The molecule has 3 aromatic rings. The monoisotopic (exact) mass is 538 g/mol. The highest BCUT2D eigenvalue weighted by Gasteiger charge is 2.28. The fourth-order valence-electron chi connectivity index (χ4n) is 4.14. The highest BCUT2D eigenvalue weighted by atomic mass is 35.5. The number of aromatic nitrogens is 1. The summed E-state index contributed by atoms with van der Waals surface area (Å²) in [5, 5.41) is 6.84. The molecule has 1 atom stereocenters. The molecule has 9 nitrogen and oxygen atoms in total. The number of pyridine rings is 1. The number of anilines is 1. The molecule has 1 aliphatic rings. The minimum absolute atomic E-state index is 0.208. The number of carbonyl (C=O) groups excluding carboxylic acids is 3. The van der Waals surface area contributed by atoms with Gasteiger partial charge in [-0.1, -0.05) is 23.7 Å². The number of rotatable bonds is 5. The summed E-state index contributed by atoms with van der Waals surface area (Å²) in [6.45, 7) is 7.51. The predicted octanol–water partition coefficient (Wildman–Crippen LogP) is 5.24. The van der Waals surface area contributed by atoms with Gasteiger partial charge in [0.1, 0.15) is 23.2 Å². The molecule has 2 aromatic heterocycles. The van der Waals surface area contributed by atoms with Gasteiger partial charge in [-0.05, 0) is 69.9 Å². The average Bonchev–Trinajstić information content (AvgIpc) is 3.07. The van der Waals surface area contributed by atoms with Gasteiger partial charge in [0.05, 0.1) is 11.6 Å². The van der Waals surface area contributed by atoms with E-state index in [2.05, 4.69) is 15.6 Å². The number of alkyl carbamates (subject to hydrolysis) is 1. The Kier molecular flexibility index (Phi) is 7.78. The number of furan rings is 1. The molecule has 1 unspecified atom stereocenters. The van der Waals surface area contributed by atoms with Crippen LogP contribution >= 0.6 is 11.6 Å². The minimum atomic E-state index is -0.746. The van der Waals surface area contributed by atoms with Crippen LogP contribution in [0.5, 0.6) is 0 Å². The van der Waals surface area contributed by atoms with E-state index in [1.165, 1.54) is 6.08 Å². The standard InChI is InChI=1S/C28H31ClN4O5/c1-16-19-7-6-8-20(29)24(19)37-22(16)15-33(5)23(34)12-9-17-13-18-10-11-21(26(35)32-25(18)30-14-17)31-27(36)38-28(2,3)4/h6-9,12-14,21H,10-11,15H2,1-5H3,(H,31,36)(H,30,32,35)/b12-9+. The lowest BCUT2D eigenvalue weighted by atomic mass is 10.1. The van der Waals surface area contributed by atoms with E-state index in [-0.39, 0.29) is 11.8 Å². The number of hydrogen-bond donors (Lipinski definition) is 2. The molecule has 38 heavy (non-hydrogen) atoms. The van der Waals surface area contributed by atoms with E-state index in [1.54, 1.807) is 51.1 Å². The lowest BCUT2D eigenvalue weighted by Gasteiger charge is -2.22. The van der Waals surface area contributed by atoms with Crippen LogP contribution in [0.15, 0.2) is 41.0 Å². The van der Waals surface area contributed by atoms with Crippen LogP contribution < -0.4 is 10.6 Å². The second kappa shape index (κ2) is 10.9. The average molecular weight is 539 g/mol. The van der Waals surface area contributed by atoms with Crippen molar-refractivity contribution in [1.82, 2.24) is 15.2 Å². The number of ether oxygens (including phenoxy) is 1. The Morgan fingerprint density at radius 1 is 1.34 bits per heavy atom. The van der Waals surface area contributed by atoms with Crippen molar-refractivity contribution in [3.05, 3.63) is 64.0 Å². The lowest BCUT2D eigenvalue weighted by molar-refractivity contribution is -0.125. The number of carbonyl (C=O) groups is 3. The van der Waals surface area contributed by atoms with Crippen LogP contribution in [-0.4, -0.2) is 46.5 Å². The largest absolute Gasteiger partial charge is 0.457 e. The highest BCUT2D eigenvalue weighted by molar-refractivity contribution is 6.34. The maximum absolute atomic E-state index is 12.8. The number of para-hydroxylation sites is 1. The number of likely N-dealkylation sites (N-methyl/N-ethyl adjacent to an activating group) is 1. The van der Waals surface area contributed by atoms with Crippen LogP contribution in [0.25, 0.3) is 17.0 Å². The maximum Gasteiger partial charge on any atom is 0.408 e. The van der Waals surface area contributed by atoms with Crippen molar-refractivity contribution in [1.29, 1.82) is 0 Å². The minimum Gasteiger partial charge on any atom is -0.457 e. The molecule has 2 N–H and O–H groups in total. The zero-order valence-corrected chi connectivity index (χ0v) is 22.8. The van der Waals surface area contributed by atoms with E-state index in [0.29, 0.717) is 47.1 Å². The molecule has 0 bridgehead atoms. The molecule has 10 heteroatoms. The second-order valence-corrected chi connectivity index (χ2v) is 10.7. The molecule has 0 fully saturated rings. The first-order valence-electron chi connectivity index (χ1n) is 12.3. The Balaban J connectivity index is 1.40. The Bertz CT molecular complexity index is 1420. The van der Waals surface area contributed by atoms with Gasteiger partial charge in [0.2, 0.25) is 11.8 Å². The van der Waals surface area contributed by atoms with Gasteiger partial charge in [0.15, 0.2) is 5.58 Å². The smallest absolute Gasteiger partial charge is 0.408 e. The fourth-order valence-corrected chi connectivity index (χ4v) is 4.36. The van der Waals surface area contributed by atoms with Crippen molar-refractivity contribution in [2.45, 2.75) is 58.7 Å². The zero-order valence-electron chi connectivity index (χ0n) is 22.1. The number of aryl methyl sites for hydroxylation is 2. The third-order valence-electron chi connectivity index (χ3n) is 6.13. The Labute approximate surface area is 226 Å². The van der Waals surface area contributed by atoms with Crippen molar-refractivity contribution in [2.75, 3.05) is 12.4 Å². The van der Waals surface area contributed by atoms with Crippen molar-refractivity contribution >= 4 is 52.4 Å². The summed E-state index contributed by atoms with van der Waals surface area (Å²) in [6, 6.07) is 6.70. The van der Waals surface area contributed by atoms with E-state index in [4.69, 9.17) is 20.8 Å². The van der Waals surface area contributed by atoms with Gasteiger partial charge >= 0.3 is 6.09 Å². The van der Waals surface area contributed by atoms with Crippen LogP contribution in [0.2, 0.25) is 5.02 Å². The first kappa shape index (κ1) is 27.2. The van der Waals surface area contributed by atoms with Gasteiger partial charge in [-0.2, -0.15) is 0 Å². The van der Waals surface area contributed by atoms with Crippen LogP contribution in [0.1, 0.15) is 49.6 Å². The van der Waals surface area contributed by atoms with Gasteiger partial charge in [0, 0.05) is 30.3 Å². The molecule has 0 saturated carbocycles. The van der Waals surface area contributed by atoms with Crippen LogP contribution in [0.4, 0.5) is 10.6 Å². The molecular formula is C28H31ClN4O5. The summed E-state index contributed by atoms with van der Waals surface area (Å²) in [6.07, 6.45) is 4.97. The quantitative estimate of drug-likeness (QED) is 0.429. The summed E-state index contributed by atoms with van der Waals surface area (Å²) < 4.78 is 11.2. The fraction of sp³-hybridized carbons (Fsp3) is 0.357. The van der Waals surface area contributed by atoms with E-state index < -0.39 is 17.7 Å². The van der Waals surface area contributed by atoms with Crippen LogP contribution in [-0.2, 0) is 27.3 Å². The molecule has 1 aliphatic heterocycles. The van der Waals surface area contributed by atoms with E-state index in [9.17, 15) is 14.4 Å². The van der Waals surface area contributed by atoms with Gasteiger partial charge in [-0.25, -0.2) is 9.78 Å². The van der Waals surface area contributed by atoms with E-state index in [1.807, 2.05) is 25.1 Å². The first-order valence-corrected chi connectivity index (χ1v) is 12.7. The Morgan fingerprint density at radius 2 is 2.11 bits per heavy atom. The van der Waals surface area contributed by atoms with Crippen molar-refractivity contribution in [3.63, 3.8) is 0 Å². The molecule has 3 amide bonds. The topological polar surface area (TPSA) is 114 Å². The number of hydrogen-bond acceptors (Lipinski definition) is 6. The number of halogens is 1. The summed E-state index contributed by atoms with van der Waals surface area (Å²) in [7, 11) is 1.70. The normalized spacial score (nSPS) is 15.6. The van der Waals surface area contributed by atoms with Crippen LogP contribution in [0, 0.1) is 6.92 Å². The molecule has 1 aromatic carbocycles. The van der Waals surface area contributed by atoms with E-state index in [0.717, 1.165) is 16.5 Å². The summed E-state index contributed by atoms with van der Waals surface area (Å²) in [4.78, 5) is 43.4. The molecule has 0 radical (unpaired) electrons. The van der Waals surface area contributed by atoms with Gasteiger partial charge in [-0.15, -0.1) is 0 Å². The Hall–Kier alpha value is -3.85. The molecule has 0 saturated heterocycles. The summed E-state index contributed by atoms with van der Waals surface area (Å²) in [5.41, 5.74) is 2.42. The third kappa shape index (κ3) is 6.34. The molecule has 0 aliphatic carbocycles. The van der Waals surface area contributed by atoms with Crippen molar-refractivity contribution < 1.29 is 23.5 Å². The van der Waals surface area contributed by atoms with Crippen molar-refractivity contribution in [3.8, 4) is 0 Å².